The smallest absolute Gasteiger partial charge is 0.222 e. The Bertz CT molecular complexity index is 385. The fraction of sp³-hybridized carbons (Fsp3) is 0.462. The minimum Gasteiger partial charge on any atom is -0.384 e. The van der Waals surface area contributed by atoms with Gasteiger partial charge in [-0.05, 0) is 39.0 Å². The van der Waals surface area contributed by atoms with Crippen LogP contribution in [0.25, 0.3) is 0 Å². The number of hydrogen-bond acceptors (Lipinski definition) is 2. The van der Waals surface area contributed by atoms with Gasteiger partial charge in [0.15, 0.2) is 0 Å². The summed E-state index contributed by atoms with van der Waals surface area (Å²) in [4.78, 5) is 11.6. The quantitative estimate of drug-likeness (QED) is 0.896. The van der Waals surface area contributed by atoms with Crippen LogP contribution in [0.3, 0.4) is 0 Å². The van der Waals surface area contributed by atoms with E-state index in [0.717, 1.165) is 10.2 Å². The van der Waals surface area contributed by atoms with Crippen LogP contribution in [0.15, 0.2) is 28.7 Å². The highest BCUT2D eigenvalue weighted by Gasteiger charge is 2.12. The van der Waals surface area contributed by atoms with Crippen LogP contribution < -0.4 is 10.6 Å². The zero-order chi connectivity index (χ0) is 12.9. The fourth-order valence-electron chi connectivity index (χ4n) is 1.40. The first kappa shape index (κ1) is 14.0. The average molecular weight is 299 g/mol. The van der Waals surface area contributed by atoms with E-state index in [1.807, 2.05) is 45.0 Å². The van der Waals surface area contributed by atoms with Gasteiger partial charge >= 0.3 is 0 Å². The van der Waals surface area contributed by atoms with Gasteiger partial charge in [0.1, 0.15) is 0 Å². The minimum absolute atomic E-state index is 0.0694. The Morgan fingerprint density at radius 2 is 2.06 bits per heavy atom. The van der Waals surface area contributed by atoms with Gasteiger partial charge in [-0.2, -0.15) is 0 Å². The SMILES string of the molecule is CC(C)(C)NC(=O)CCNc1cccc(Br)c1. The zero-order valence-corrected chi connectivity index (χ0v) is 12.1. The second-order valence-corrected chi connectivity index (χ2v) is 5.90. The molecule has 3 nitrogen and oxygen atoms in total. The number of carbonyl (C=O) groups is 1. The van der Waals surface area contributed by atoms with Crippen molar-refractivity contribution in [3.05, 3.63) is 28.7 Å². The normalized spacial score (nSPS) is 11.1. The molecule has 0 aliphatic rings. The number of anilines is 1. The van der Waals surface area contributed by atoms with Crippen molar-refractivity contribution < 1.29 is 4.79 Å². The molecule has 0 aliphatic heterocycles. The standard InChI is InChI=1S/C13H19BrN2O/c1-13(2,3)16-12(17)7-8-15-11-6-4-5-10(14)9-11/h4-6,9,15H,7-8H2,1-3H3,(H,16,17). The number of halogens is 1. The Morgan fingerprint density at radius 3 is 2.65 bits per heavy atom. The van der Waals surface area contributed by atoms with E-state index in [2.05, 4.69) is 26.6 Å². The molecule has 0 aliphatic carbocycles. The molecular weight excluding hydrogens is 280 g/mol. The van der Waals surface area contributed by atoms with E-state index >= 15 is 0 Å². The molecular formula is C13H19BrN2O. The van der Waals surface area contributed by atoms with Gasteiger partial charge in [-0.3, -0.25) is 4.79 Å². The van der Waals surface area contributed by atoms with Crippen molar-refractivity contribution in [2.45, 2.75) is 32.7 Å². The second-order valence-electron chi connectivity index (χ2n) is 4.99. The number of hydrogen-bond donors (Lipinski definition) is 2. The predicted octanol–water partition coefficient (Wildman–Crippen LogP) is 3.17. The van der Waals surface area contributed by atoms with Crippen molar-refractivity contribution in [3.8, 4) is 0 Å². The van der Waals surface area contributed by atoms with Crippen LogP contribution in [0.2, 0.25) is 0 Å². The molecule has 1 rings (SSSR count). The van der Waals surface area contributed by atoms with Crippen molar-refractivity contribution in [2.24, 2.45) is 0 Å². The lowest BCUT2D eigenvalue weighted by Crippen LogP contribution is -2.41. The lowest BCUT2D eigenvalue weighted by atomic mass is 10.1. The van der Waals surface area contributed by atoms with E-state index in [1.165, 1.54) is 0 Å². The highest BCUT2D eigenvalue weighted by Crippen LogP contribution is 2.15. The molecule has 1 aromatic rings. The molecule has 0 radical (unpaired) electrons. The summed E-state index contributed by atoms with van der Waals surface area (Å²) >= 11 is 3.40. The maximum atomic E-state index is 11.6. The first-order valence-corrected chi connectivity index (χ1v) is 6.46. The molecule has 17 heavy (non-hydrogen) atoms. The summed E-state index contributed by atoms with van der Waals surface area (Å²) in [5, 5.41) is 6.14. The number of rotatable bonds is 4. The lowest BCUT2D eigenvalue weighted by Gasteiger charge is -2.20. The third-order valence-corrected chi connectivity index (χ3v) is 2.51. The highest BCUT2D eigenvalue weighted by molar-refractivity contribution is 9.10. The highest BCUT2D eigenvalue weighted by atomic mass is 79.9. The van der Waals surface area contributed by atoms with Crippen molar-refractivity contribution in [2.75, 3.05) is 11.9 Å². The van der Waals surface area contributed by atoms with Crippen LogP contribution in [0.1, 0.15) is 27.2 Å². The molecule has 0 atom stereocenters. The average Bonchev–Trinajstić information content (AvgIpc) is 2.14. The molecule has 2 N–H and O–H groups in total. The number of amides is 1. The molecule has 0 bridgehead atoms. The van der Waals surface area contributed by atoms with Crippen LogP contribution in [-0.4, -0.2) is 18.0 Å². The molecule has 0 saturated heterocycles. The van der Waals surface area contributed by atoms with Crippen LogP contribution in [-0.2, 0) is 4.79 Å². The monoisotopic (exact) mass is 298 g/mol. The van der Waals surface area contributed by atoms with Crippen molar-refractivity contribution in [1.29, 1.82) is 0 Å². The third-order valence-electron chi connectivity index (χ3n) is 2.02. The van der Waals surface area contributed by atoms with E-state index in [0.29, 0.717) is 13.0 Å². The summed E-state index contributed by atoms with van der Waals surface area (Å²) in [6.45, 7) is 6.57. The van der Waals surface area contributed by atoms with Gasteiger partial charge in [0.05, 0.1) is 0 Å². The van der Waals surface area contributed by atoms with Crippen molar-refractivity contribution in [3.63, 3.8) is 0 Å². The second kappa shape index (κ2) is 6.05. The first-order chi connectivity index (χ1) is 7.87. The summed E-state index contributed by atoms with van der Waals surface area (Å²) < 4.78 is 1.03. The Hall–Kier alpha value is -1.03. The van der Waals surface area contributed by atoms with E-state index in [1.54, 1.807) is 0 Å². The maximum Gasteiger partial charge on any atom is 0.222 e. The van der Waals surface area contributed by atoms with Crippen LogP contribution in [0.5, 0.6) is 0 Å². The molecule has 4 heteroatoms. The molecule has 94 valence electrons. The van der Waals surface area contributed by atoms with Crippen LogP contribution in [0.4, 0.5) is 5.69 Å². The van der Waals surface area contributed by atoms with Gasteiger partial charge in [0.25, 0.3) is 0 Å². The van der Waals surface area contributed by atoms with Gasteiger partial charge in [-0.25, -0.2) is 0 Å². The number of benzene rings is 1. The van der Waals surface area contributed by atoms with Gasteiger partial charge in [-0.15, -0.1) is 0 Å². The molecule has 0 spiro atoms. The Morgan fingerprint density at radius 1 is 1.35 bits per heavy atom. The lowest BCUT2D eigenvalue weighted by molar-refractivity contribution is -0.122. The van der Waals surface area contributed by atoms with Gasteiger partial charge in [-0.1, -0.05) is 22.0 Å². The largest absolute Gasteiger partial charge is 0.384 e. The van der Waals surface area contributed by atoms with Gasteiger partial charge in [0.2, 0.25) is 5.91 Å². The predicted molar refractivity (Wildman–Crippen MR) is 75.1 cm³/mol. The molecule has 0 heterocycles. The van der Waals surface area contributed by atoms with Crippen molar-refractivity contribution >= 4 is 27.5 Å². The Balaban J connectivity index is 2.31. The molecule has 0 fully saturated rings. The minimum atomic E-state index is -0.160. The summed E-state index contributed by atoms with van der Waals surface area (Å²) in [7, 11) is 0. The topological polar surface area (TPSA) is 41.1 Å². The molecule has 0 unspecified atom stereocenters. The van der Waals surface area contributed by atoms with E-state index in [9.17, 15) is 4.79 Å². The van der Waals surface area contributed by atoms with Crippen LogP contribution >= 0.6 is 15.9 Å². The van der Waals surface area contributed by atoms with E-state index in [4.69, 9.17) is 0 Å². The molecule has 1 amide bonds. The fourth-order valence-corrected chi connectivity index (χ4v) is 1.80. The Kier molecular flexibility index (Phi) is 5.00. The van der Waals surface area contributed by atoms with Gasteiger partial charge < -0.3 is 10.6 Å². The summed E-state index contributed by atoms with van der Waals surface area (Å²) in [5.41, 5.74) is 0.857. The van der Waals surface area contributed by atoms with Gasteiger partial charge in [0, 0.05) is 28.7 Å². The van der Waals surface area contributed by atoms with E-state index in [-0.39, 0.29) is 11.4 Å². The summed E-state index contributed by atoms with van der Waals surface area (Å²) in [6, 6.07) is 7.90. The maximum absolute atomic E-state index is 11.6. The summed E-state index contributed by atoms with van der Waals surface area (Å²) in [6.07, 6.45) is 0.476. The molecule has 1 aromatic carbocycles. The molecule has 0 saturated carbocycles. The van der Waals surface area contributed by atoms with E-state index < -0.39 is 0 Å². The molecule has 0 aromatic heterocycles. The first-order valence-electron chi connectivity index (χ1n) is 5.67. The number of nitrogens with one attached hydrogen (secondary N) is 2. The number of carbonyl (C=O) groups excluding carboxylic acids is 1. The third kappa shape index (κ3) is 6.31. The Labute approximate surface area is 111 Å². The zero-order valence-electron chi connectivity index (χ0n) is 10.5. The van der Waals surface area contributed by atoms with Crippen molar-refractivity contribution in [1.82, 2.24) is 5.32 Å². The van der Waals surface area contributed by atoms with Crippen LogP contribution in [0, 0.1) is 0 Å². The summed E-state index contributed by atoms with van der Waals surface area (Å²) in [5.74, 6) is 0.0694.